The first-order chi connectivity index (χ1) is 14.4. The van der Waals surface area contributed by atoms with Gasteiger partial charge in [-0.15, -0.1) is 0 Å². The summed E-state index contributed by atoms with van der Waals surface area (Å²) in [4.78, 5) is 13.5. The minimum absolute atomic E-state index is 0.0797. The number of amides is 1. The second-order valence-electron chi connectivity index (χ2n) is 7.75. The lowest BCUT2D eigenvalue weighted by molar-refractivity contribution is -0.122. The van der Waals surface area contributed by atoms with Gasteiger partial charge in [-0.1, -0.05) is 60.1 Å². The van der Waals surface area contributed by atoms with Crippen molar-refractivity contribution in [2.24, 2.45) is 0 Å². The standard InChI is InChI=1S/C23H26Cl3NO3/c1-15(14-29-2)30-21-9-7-17(13-20(21)26)27-22(28)23(10-4-3-5-11-23)18-8-6-16(24)12-19(18)25/h6-9,12-13,15H,3-5,10-11,14H2,1-2H3,(H,27,28). The molecule has 1 aliphatic carbocycles. The number of rotatable bonds is 7. The summed E-state index contributed by atoms with van der Waals surface area (Å²) in [6, 6.07) is 10.6. The van der Waals surface area contributed by atoms with E-state index in [4.69, 9.17) is 44.3 Å². The molecule has 1 atom stereocenters. The number of carbonyl (C=O) groups excluding carboxylic acids is 1. The quantitative estimate of drug-likeness (QED) is 0.478. The van der Waals surface area contributed by atoms with Crippen LogP contribution in [-0.2, 0) is 14.9 Å². The molecule has 162 valence electrons. The molecule has 1 aliphatic rings. The van der Waals surface area contributed by atoms with E-state index in [1.807, 2.05) is 13.0 Å². The predicted octanol–water partition coefficient (Wildman–Crippen LogP) is 6.90. The Morgan fingerprint density at radius 1 is 1.07 bits per heavy atom. The molecule has 1 N–H and O–H groups in total. The van der Waals surface area contributed by atoms with Crippen molar-refractivity contribution in [3.63, 3.8) is 0 Å². The minimum atomic E-state index is -0.686. The van der Waals surface area contributed by atoms with Crippen LogP contribution in [0.15, 0.2) is 36.4 Å². The Labute approximate surface area is 192 Å². The molecule has 30 heavy (non-hydrogen) atoms. The first-order valence-electron chi connectivity index (χ1n) is 10.1. The van der Waals surface area contributed by atoms with Crippen LogP contribution in [0.2, 0.25) is 15.1 Å². The molecule has 4 nitrogen and oxygen atoms in total. The van der Waals surface area contributed by atoms with Crippen molar-refractivity contribution in [3.8, 4) is 5.75 Å². The number of hydrogen-bond donors (Lipinski definition) is 1. The second kappa shape index (κ2) is 10.2. The highest BCUT2D eigenvalue weighted by Crippen LogP contribution is 2.44. The topological polar surface area (TPSA) is 47.6 Å². The van der Waals surface area contributed by atoms with Crippen LogP contribution < -0.4 is 10.1 Å². The number of ether oxygens (including phenoxy) is 2. The Morgan fingerprint density at radius 3 is 2.43 bits per heavy atom. The molecule has 3 rings (SSSR count). The van der Waals surface area contributed by atoms with Crippen molar-refractivity contribution in [3.05, 3.63) is 57.0 Å². The van der Waals surface area contributed by atoms with Crippen molar-refractivity contribution < 1.29 is 14.3 Å². The van der Waals surface area contributed by atoms with E-state index in [1.165, 1.54) is 0 Å². The van der Waals surface area contributed by atoms with Gasteiger partial charge in [0, 0.05) is 22.8 Å². The number of hydrogen-bond acceptors (Lipinski definition) is 3. The van der Waals surface area contributed by atoms with Crippen molar-refractivity contribution in [2.75, 3.05) is 19.0 Å². The van der Waals surface area contributed by atoms with Crippen LogP contribution in [0.3, 0.4) is 0 Å². The van der Waals surface area contributed by atoms with Crippen LogP contribution in [0.5, 0.6) is 5.75 Å². The second-order valence-corrected chi connectivity index (χ2v) is 9.00. The Morgan fingerprint density at radius 2 is 1.80 bits per heavy atom. The van der Waals surface area contributed by atoms with Gasteiger partial charge in [-0.25, -0.2) is 0 Å². The van der Waals surface area contributed by atoms with Crippen molar-refractivity contribution in [1.82, 2.24) is 0 Å². The number of carbonyl (C=O) groups is 1. The van der Waals surface area contributed by atoms with Crippen LogP contribution in [0, 0.1) is 0 Å². The highest BCUT2D eigenvalue weighted by Gasteiger charge is 2.42. The third-order valence-electron chi connectivity index (χ3n) is 5.51. The number of methoxy groups -OCH3 is 1. The normalized spacial score (nSPS) is 16.7. The van der Waals surface area contributed by atoms with E-state index < -0.39 is 5.41 Å². The monoisotopic (exact) mass is 469 g/mol. The summed E-state index contributed by atoms with van der Waals surface area (Å²) in [6.45, 7) is 2.36. The first-order valence-corrected chi connectivity index (χ1v) is 11.2. The van der Waals surface area contributed by atoms with E-state index in [-0.39, 0.29) is 12.0 Å². The lowest BCUT2D eigenvalue weighted by Crippen LogP contribution is -2.42. The number of nitrogens with one attached hydrogen (secondary N) is 1. The number of halogens is 3. The lowest BCUT2D eigenvalue weighted by Gasteiger charge is -2.37. The summed E-state index contributed by atoms with van der Waals surface area (Å²) < 4.78 is 10.9. The molecule has 0 heterocycles. The van der Waals surface area contributed by atoms with Gasteiger partial charge < -0.3 is 14.8 Å². The maximum atomic E-state index is 13.5. The fourth-order valence-electron chi connectivity index (χ4n) is 4.06. The number of anilines is 1. The average molecular weight is 471 g/mol. The van der Waals surface area contributed by atoms with E-state index in [1.54, 1.807) is 37.4 Å². The molecule has 7 heteroatoms. The zero-order chi connectivity index (χ0) is 21.7. The lowest BCUT2D eigenvalue weighted by atomic mass is 9.68. The maximum Gasteiger partial charge on any atom is 0.235 e. The summed E-state index contributed by atoms with van der Waals surface area (Å²) in [5, 5.41) is 4.55. The molecular weight excluding hydrogens is 445 g/mol. The molecule has 0 aliphatic heterocycles. The van der Waals surface area contributed by atoms with Crippen LogP contribution in [-0.4, -0.2) is 25.7 Å². The van der Waals surface area contributed by atoms with Gasteiger partial charge in [0.25, 0.3) is 0 Å². The average Bonchev–Trinajstić information content (AvgIpc) is 2.70. The molecule has 0 aromatic heterocycles. The molecule has 0 spiro atoms. The molecule has 1 fully saturated rings. The summed E-state index contributed by atoms with van der Waals surface area (Å²) in [5.74, 6) is 0.469. The van der Waals surface area contributed by atoms with Gasteiger partial charge in [0.1, 0.15) is 11.9 Å². The molecule has 2 aromatic rings. The van der Waals surface area contributed by atoms with Gasteiger partial charge in [0.05, 0.1) is 17.0 Å². The van der Waals surface area contributed by atoms with Crippen molar-refractivity contribution in [2.45, 2.75) is 50.5 Å². The SMILES string of the molecule is COCC(C)Oc1ccc(NC(=O)C2(c3ccc(Cl)cc3Cl)CCCCC2)cc1Cl. The smallest absolute Gasteiger partial charge is 0.235 e. The van der Waals surface area contributed by atoms with E-state index in [0.717, 1.165) is 37.7 Å². The molecule has 0 radical (unpaired) electrons. The molecular formula is C23H26Cl3NO3. The zero-order valence-corrected chi connectivity index (χ0v) is 19.4. The molecule has 1 unspecified atom stereocenters. The largest absolute Gasteiger partial charge is 0.487 e. The van der Waals surface area contributed by atoms with E-state index in [2.05, 4.69) is 5.32 Å². The fourth-order valence-corrected chi connectivity index (χ4v) is 4.88. The fraction of sp³-hybridized carbons (Fsp3) is 0.435. The van der Waals surface area contributed by atoms with Crippen molar-refractivity contribution >= 4 is 46.4 Å². The summed E-state index contributed by atoms with van der Waals surface area (Å²) in [6.07, 6.45) is 4.39. The highest BCUT2D eigenvalue weighted by molar-refractivity contribution is 6.35. The van der Waals surface area contributed by atoms with E-state index >= 15 is 0 Å². The van der Waals surface area contributed by atoms with Crippen LogP contribution in [0.25, 0.3) is 0 Å². The van der Waals surface area contributed by atoms with E-state index in [0.29, 0.717) is 33.1 Å². The van der Waals surface area contributed by atoms with Gasteiger partial charge in [0.2, 0.25) is 5.91 Å². The Kier molecular flexibility index (Phi) is 7.92. The third kappa shape index (κ3) is 5.23. The van der Waals surface area contributed by atoms with Crippen LogP contribution >= 0.6 is 34.8 Å². The number of benzene rings is 2. The van der Waals surface area contributed by atoms with Gasteiger partial charge in [-0.3, -0.25) is 4.79 Å². The molecule has 0 saturated heterocycles. The molecule has 1 amide bonds. The maximum absolute atomic E-state index is 13.5. The van der Waals surface area contributed by atoms with Gasteiger partial charge in [0.15, 0.2) is 0 Å². The summed E-state index contributed by atoms with van der Waals surface area (Å²) in [7, 11) is 1.62. The Hall–Kier alpha value is -1.46. The van der Waals surface area contributed by atoms with Crippen molar-refractivity contribution in [1.29, 1.82) is 0 Å². The molecule has 2 aromatic carbocycles. The predicted molar refractivity (Wildman–Crippen MR) is 123 cm³/mol. The van der Waals surface area contributed by atoms with Crippen LogP contribution in [0.1, 0.15) is 44.6 Å². The Balaban J connectivity index is 1.84. The zero-order valence-electron chi connectivity index (χ0n) is 17.1. The Bertz CT molecular complexity index is 897. The first kappa shape index (κ1) is 23.2. The third-order valence-corrected chi connectivity index (χ3v) is 6.35. The van der Waals surface area contributed by atoms with Gasteiger partial charge in [-0.2, -0.15) is 0 Å². The molecule has 0 bridgehead atoms. The van der Waals surface area contributed by atoms with Gasteiger partial charge in [-0.05, 0) is 55.7 Å². The summed E-state index contributed by atoms with van der Waals surface area (Å²) in [5.41, 5.74) is 0.756. The minimum Gasteiger partial charge on any atom is -0.487 e. The van der Waals surface area contributed by atoms with E-state index in [9.17, 15) is 4.79 Å². The summed E-state index contributed by atoms with van der Waals surface area (Å²) >= 11 is 19.0. The van der Waals surface area contributed by atoms with Gasteiger partial charge >= 0.3 is 0 Å². The highest BCUT2D eigenvalue weighted by atomic mass is 35.5. The molecule has 1 saturated carbocycles. The van der Waals surface area contributed by atoms with Crippen LogP contribution in [0.4, 0.5) is 5.69 Å².